The largest absolute Gasteiger partial charge is 0.399 e. The van der Waals surface area contributed by atoms with Crippen LogP contribution in [0.4, 0.5) is 14.5 Å². The van der Waals surface area contributed by atoms with Crippen LogP contribution in [0.3, 0.4) is 0 Å². The maximum absolute atomic E-state index is 13.7. The molecule has 108 valence electrons. The van der Waals surface area contributed by atoms with Crippen molar-refractivity contribution in [2.24, 2.45) is 0 Å². The second-order valence-corrected chi connectivity index (χ2v) is 5.52. The minimum atomic E-state index is -0.932. The highest BCUT2D eigenvalue weighted by molar-refractivity contribution is 5.94. The van der Waals surface area contributed by atoms with Gasteiger partial charge >= 0.3 is 0 Å². The first-order valence-electron chi connectivity index (χ1n) is 6.85. The van der Waals surface area contributed by atoms with Crippen LogP contribution < -0.4 is 5.73 Å². The molecular formula is C17H15F2NO. The first kappa shape index (κ1) is 13.7. The van der Waals surface area contributed by atoms with Crippen LogP contribution in [0.15, 0.2) is 42.5 Å². The zero-order chi connectivity index (χ0) is 15.0. The number of ketones is 1. The van der Waals surface area contributed by atoms with Crippen molar-refractivity contribution < 1.29 is 13.6 Å². The number of anilines is 1. The van der Waals surface area contributed by atoms with Crippen molar-refractivity contribution in [1.82, 2.24) is 0 Å². The van der Waals surface area contributed by atoms with Crippen molar-refractivity contribution in [1.29, 1.82) is 0 Å². The smallest absolute Gasteiger partial charge is 0.162 e. The molecule has 2 aromatic carbocycles. The molecule has 0 unspecified atom stereocenters. The summed E-state index contributed by atoms with van der Waals surface area (Å²) in [5.41, 5.74) is 6.75. The monoisotopic (exact) mass is 287 g/mol. The molecule has 0 amide bonds. The zero-order valence-electron chi connectivity index (χ0n) is 11.4. The van der Waals surface area contributed by atoms with Gasteiger partial charge in [0.05, 0.1) is 5.41 Å². The molecule has 0 aliphatic heterocycles. The molecule has 3 rings (SSSR count). The van der Waals surface area contributed by atoms with E-state index >= 15 is 0 Å². The third kappa shape index (κ3) is 2.42. The van der Waals surface area contributed by atoms with Crippen LogP contribution in [0.25, 0.3) is 0 Å². The molecule has 0 aromatic heterocycles. The average Bonchev–Trinajstić information content (AvgIpc) is 3.26. The van der Waals surface area contributed by atoms with Gasteiger partial charge in [-0.1, -0.05) is 24.3 Å². The SMILES string of the molecule is Nc1ccc(C2(C(=O)Cc3cccc(F)c3F)CC2)cc1. The van der Waals surface area contributed by atoms with Crippen molar-refractivity contribution in [3.8, 4) is 0 Å². The van der Waals surface area contributed by atoms with Gasteiger partial charge < -0.3 is 5.73 Å². The Morgan fingerprint density at radius 2 is 1.76 bits per heavy atom. The van der Waals surface area contributed by atoms with Crippen LogP contribution >= 0.6 is 0 Å². The van der Waals surface area contributed by atoms with Gasteiger partial charge in [0.2, 0.25) is 0 Å². The van der Waals surface area contributed by atoms with E-state index in [-0.39, 0.29) is 17.8 Å². The Kier molecular flexibility index (Phi) is 3.24. The summed E-state index contributed by atoms with van der Waals surface area (Å²) >= 11 is 0. The van der Waals surface area contributed by atoms with Crippen LogP contribution in [0.5, 0.6) is 0 Å². The topological polar surface area (TPSA) is 43.1 Å². The van der Waals surface area contributed by atoms with E-state index in [1.54, 1.807) is 12.1 Å². The third-order valence-corrected chi connectivity index (χ3v) is 4.13. The summed E-state index contributed by atoms with van der Waals surface area (Å²) in [6.07, 6.45) is 1.40. The molecule has 0 spiro atoms. The van der Waals surface area contributed by atoms with E-state index in [1.807, 2.05) is 12.1 Å². The highest BCUT2D eigenvalue weighted by atomic mass is 19.2. The van der Waals surface area contributed by atoms with E-state index in [2.05, 4.69) is 0 Å². The molecule has 1 aliphatic rings. The Labute approximate surface area is 121 Å². The van der Waals surface area contributed by atoms with Crippen LogP contribution in [-0.4, -0.2) is 5.78 Å². The lowest BCUT2D eigenvalue weighted by Gasteiger charge is -2.15. The Bertz CT molecular complexity index is 690. The number of benzene rings is 2. The number of carbonyl (C=O) groups excluding carboxylic acids is 1. The maximum Gasteiger partial charge on any atom is 0.162 e. The summed E-state index contributed by atoms with van der Waals surface area (Å²) in [4.78, 5) is 12.5. The number of rotatable bonds is 4. The van der Waals surface area contributed by atoms with E-state index in [0.29, 0.717) is 5.69 Å². The highest BCUT2D eigenvalue weighted by Gasteiger charge is 2.50. The second kappa shape index (κ2) is 4.95. The summed E-state index contributed by atoms with van der Waals surface area (Å²) in [7, 11) is 0. The minimum Gasteiger partial charge on any atom is -0.399 e. The fourth-order valence-electron chi connectivity index (χ4n) is 2.68. The summed E-state index contributed by atoms with van der Waals surface area (Å²) in [6.45, 7) is 0. The van der Waals surface area contributed by atoms with Gasteiger partial charge in [-0.3, -0.25) is 4.79 Å². The van der Waals surface area contributed by atoms with Gasteiger partial charge in [-0.2, -0.15) is 0 Å². The number of carbonyl (C=O) groups is 1. The van der Waals surface area contributed by atoms with Crippen molar-refractivity contribution in [3.63, 3.8) is 0 Å². The lowest BCUT2D eigenvalue weighted by molar-refractivity contribution is -0.120. The van der Waals surface area contributed by atoms with Gasteiger partial charge in [0.1, 0.15) is 5.78 Å². The van der Waals surface area contributed by atoms with Gasteiger partial charge in [-0.05, 0) is 42.2 Å². The van der Waals surface area contributed by atoms with Gasteiger partial charge in [0, 0.05) is 12.1 Å². The first-order valence-corrected chi connectivity index (χ1v) is 6.85. The Hall–Kier alpha value is -2.23. The normalized spacial score (nSPS) is 15.7. The Morgan fingerprint density at radius 1 is 1.10 bits per heavy atom. The van der Waals surface area contributed by atoms with Gasteiger partial charge in [0.15, 0.2) is 11.6 Å². The van der Waals surface area contributed by atoms with E-state index in [9.17, 15) is 13.6 Å². The molecule has 2 nitrogen and oxygen atoms in total. The van der Waals surface area contributed by atoms with Crippen molar-refractivity contribution in [3.05, 3.63) is 65.2 Å². The van der Waals surface area contributed by atoms with Crippen LogP contribution in [0.1, 0.15) is 24.0 Å². The van der Waals surface area contributed by atoms with E-state index < -0.39 is 17.0 Å². The molecule has 21 heavy (non-hydrogen) atoms. The third-order valence-electron chi connectivity index (χ3n) is 4.13. The number of Topliss-reactive ketones (excluding diaryl/α,β-unsaturated/α-hetero) is 1. The predicted molar refractivity (Wildman–Crippen MR) is 76.8 cm³/mol. The molecular weight excluding hydrogens is 272 g/mol. The van der Waals surface area contributed by atoms with Crippen molar-refractivity contribution in [2.75, 3.05) is 5.73 Å². The number of nitrogen functional groups attached to an aromatic ring is 1. The summed E-state index contributed by atoms with van der Waals surface area (Å²) in [6, 6.07) is 11.1. The molecule has 2 N–H and O–H groups in total. The van der Waals surface area contributed by atoms with Crippen LogP contribution in [0, 0.1) is 11.6 Å². The molecule has 1 aliphatic carbocycles. The quantitative estimate of drug-likeness (QED) is 0.876. The molecule has 0 bridgehead atoms. The van der Waals surface area contributed by atoms with Crippen LogP contribution in [-0.2, 0) is 16.6 Å². The maximum atomic E-state index is 13.7. The number of halogens is 2. The van der Waals surface area contributed by atoms with Crippen LogP contribution in [0.2, 0.25) is 0 Å². The summed E-state index contributed by atoms with van der Waals surface area (Å²) in [5, 5.41) is 0. The van der Waals surface area contributed by atoms with E-state index in [1.165, 1.54) is 12.1 Å². The highest BCUT2D eigenvalue weighted by Crippen LogP contribution is 2.49. The molecule has 2 aromatic rings. The number of hydrogen-bond donors (Lipinski definition) is 1. The van der Waals surface area contributed by atoms with E-state index in [4.69, 9.17) is 5.73 Å². The first-order chi connectivity index (χ1) is 10.0. The summed E-state index contributed by atoms with van der Waals surface area (Å²) in [5.74, 6) is -1.92. The second-order valence-electron chi connectivity index (χ2n) is 5.52. The number of nitrogens with two attached hydrogens (primary N) is 1. The average molecular weight is 287 g/mol. The molecule has 1 fully saturated rings. The van der Waals surface area contributed by atoms with Crippen molar-refractivity contribution in [2.45, 2.75) is 24.7 Å². The summed E-state index contributed by atoms with van der Waals surface area (Å²) < 4.78 is 26.9. The Balaban J connectivity index is 1.85. The molecule has 0 heterocycles. The lowest BCUT2D eigenvalue weighted by Crippen LogP contribution is -2.23. The van der Waals surface area contributed by atoms with Gasteiger partial charge in [0.25, 0.3) is 0 Å². The minimum absolute atomic E-state index is 0.0724. The number of hydrogen-bond acceptors (Lipinski definition) is 2. The zero-order valence-corrected chi connectivity index (χ0v) is 11.4. The fourth-order valence-corrected chi connectivity index (χ4v) is 2.68. The molecule has 4 heteroatoms. The lowest BCUT2D eigenvalue weighted by atomic mass is 9.88. The van der Waals surface area contributed by atoms with Crippen molar-refractivity contribution >= 4 is 11.5 Å². The van der Waals surface area contributed by atoms with E-state index in [0.717, 1.165) is 24.5 Å². The molecule has 0 saturated heterocycles. The fraction of sp³-hybridized carbons (Fsp3) is 0.235. The molecule has 1 saturated carbocycles. The Morgan fingerprint density at radius 3 is 2.38 bits per heavy atom. The van der Waals surface area contributed by atoms with Gasteiger partial charge in [-0.15, -0.1) is 0 Å². The molecule has 0 atom stereocenters. The van der Waals surface area contributed by atoms with Gasteiger partial charge in [-0.25, -0.2) is 8.78 Å². The predicted octanol–water partition coefficient (Wildman–Crippen LogP) is 3.39. The standard InChI is InChI=1S/C17H15F2NO/c18-14-3-1-2-11(16(14)19)10-15(21)17(8-9-17)12-4-6-13(20)7-5-12/h1-7H,8-10,20H2. The molecule has 0 radical (unpaired) electrons.